The maximum absolute atomic E-state index is 5.61. The molecule has 4 N–H and O–H groups in total. The van der Waals surface area contributed by atoms with Crippen molar-refractivity contribution in [2.24, 2.45) is 0 Å². The fourth-order valence-corrected chi connectivity index (χ4v) is 1.96. The first-order valence-corrected chi connectivity index (χ1v) is 6.53. The maximum Gasteiger partial charge on any atom is 0.0450 e. The SMILES string of the molecule is Nc1ccc(Cl)cc1S.Nc1ccc(Cl)cc1S.[Zn]. The van der Waals surface area contributed by atoms with Gasteiger partial charge >= 0.3 is 0 Å². The van der Waals surface area contributed by atoms with Crippen LogP contribution in [0.4, 0.5) is 11.4 Å². The van der Waals surface area contributed by atoms with E-state index in [1.807, 2.05) is 0 Å². The number of nitrogens with two attached hydrogens (primary N) is 2. The first kappa shape index (κ1) is 18.9. The summed E-state index contributed by atoms with van der Waals surface area (Å²) in [5.41, 5.74) is 12.2. The van der Waals surface area contributed by atoms with Crippen LogP contribution in [0.25, 0.3) is 0 Å². The Labute approximate surface area is 146 Å². The van der Waals surface area contributed by atoms with E-state index in [-0.39, 0.29) is 19.5 Å². The third-order valence-corrected chi connectivity index (χ3v) is 3.23. The van der Waals surface area contributed by atoms with Gasteiger partial charge < -0.3 is 11.5 Å². The number of hydrogen-bond donors (Lipinski definition) is 4. The van der Waals surface area contributed by atoms with Gasteiger partial charge in [-0.05, 0) is 36.4 Å². The molecule has 0 bridgehead atoms. The summed E-state index contributed by atoms with van der Waals surface area (Å²) in [6.45, 7) is 0. The molecule has 2 nitrogen and oxygen atoms in total. The zero-order valence-electron chi connectivity index (χ0n) is 9.98. The van der Waals surface area contributed by atoms with Crippen molar-refractivity contribution in [1.29, 1.82) is 0 Å². The van der Waals surface area contributed by atoms with Crippen LogP contribution in [-0.2, 0) is 19.5 Å². The van der Waals surface area contributed by atoms with E-state index >= 15 is 0 Å². The molecule has 98 valence electrons. The Morgan fingerprint density at radius 3 is 1.26 bits per heavy atom. The predicted octanol–water partition coefficient (Wildman–Crippen LogP) is 4.42. The van der Waals surface area contributed by atoms with Gasteiger partial charge in [-0.15, -0.1) is 25.3 Å². The Kier molecular flexibility index (Phi) is 8.96. The second-order valence-corrected chi connectivity index (χ2v) is 5.24. The van der Waals surface area contributed by atoms with Gasteiger partial charge in [-0.3, -0.25) is 0 Å². The van der Waals surface area contributed by atoms with Gasteiger partial charge in [0.2, 0.25) is 0 Å². The molecule has 0 atom stereocenters. The Hall–Kier alpha value is -0.0566. The molecule has 0 aromatic heterocycles. The predicted molar refractivity (Wildman–Crippen MR) is 86.2 cm³/mol. The average Bonchev–Trinajstić information content (AvgIpc) is 2.30. The van der Waals surface area contributed by atoms with Gasteiger partial charge in [0.25, 0.3) is 0 Å². The minimum absolute atomic E-state index is 0. The smallest absolute Gasteiger partial charge is 0.0450 e. The molecule has 19 heavy (non-hydrogen) atoms. The van der Waals surface area contributed by atoms with Gasteiger partial charge in [0.15, 0.2) is 0 Å². The summed E-state index contributed by atoms with van der Waals surface area (Å²) in [5.74, 6) is 0. The van der Waals surface area contributed by atoms with E-state index in [9.17, 15) is 0 Å². The van der Waals surface area contributed by atoms with Crippen LogP contribution in [0.3, 0.4) is 0 Å². The second-order valence-electron chi connectivity index (χ2n) is 3.41. The van der Waals surface area contributed by atoms with Crippen molar-refractivity contribution in [3.05, 3.63) is 46.4 Å². The van der Waals surface area contributed by atoms with Crippen LogP contribution >= 0.6 is 48.5 Å². The van der Waals surface area contributed by atoms with Crippen molar-refractivity contribution in [1.82, 2.24) is 0 Å². The molecule has 0 amide bonds. The van der Waals surface area contributed by atoms with E-state index in [4.69, 9.17) is 34.7 Å². The van der Waals surface area contributed by atoms with Crippen molar-refractivity contribution in [3.63, 3.8) is 0 Å². The molecule has 0 aliphatic rings. The first-order valence-electron chi connectivity index (χ1n) is 4.88. The summed E-state index contributed by atoms with van der Waals surface area (Å²) in [4.78, 5) is 1.45. The normalized spacial score (nSPS) is 9.05. The number of thiol groups is 2. The van der Waals surface area contributed by atoms with Crippen LogP contribution in [0.1, 0.15) is 0 Å². The van der Waals surface area contributed by atoms with Crippen LogP contribution in [0.5, 0.6) is 0 Å². The zero-order chi connectivity index (χ0) is 13.7. The molecule has 0 aliphatic heterocycles. The van der Waals surface area contributed by atoms with Gasteiger partial charge in [0, 0.05) is 50.7 Å². The van der Waals surface area contributed by atoms with E-state index in [1.54, 1.807) is 36.4 Å². The standard InChI is InChI=1S/2C6H6ClNS.Zn/c2*7-4-1-2-5(8)6(9)3-4;/h2*1-3,9H,8H2;. The average molecular weight is 385 g/mol. The number of halogens is 2. The van der Waals surface area contributed by atoms with E-state index in [1.165, 1.54) is 0 Å². The summed E-state index contributed by atoms with van der Waals surface area (Å²) in [6, 6.07) is 10.3. The van der Waals surface area contributed by atoms with Crippen LogP contribution in [-0.4, -0.2) is 0 Å². The molecule has 0 unspecified atom stereocenters. The molecule has 0 aliphatic carbocycles. The topological polar surface area (TPSA) is 52.0 Å². The third kappa shape index (κ3) is 6.78. The van der Waals surface area contributed by atoms with Crippen molar-refractivity contribution in [2.45, 2.75) is 9.79 Å². The van der Waals surface area contributed by atoms with Gasteiger partial charge in [0.1, 0.15) is 0 Å². The van der Waals surface area contributed by atoms with Gasteiger partial charge in [-0.2, -0.15) is 0 Å². The zero-order valence-corrected chi connectivity index (χ0v) is 16.2. The minimum Gasteiger partial charge on any atom is -0.398 e. The van der Waals surface area contributed by atoms with E-state index < -0.39 is 0 Å². The van der Waals surface area contributed by atoms with E-state index in [0.717, 1.165) is 9.79 Å². The quantitative estimate of drug-likeness (QED) is 0.309. The van der Waals surface area contributed by atoms with Gasteiger partial charge in [0.05, 0.1) is 0 Å². The van der Waals surface area contributed by atoms with E-state index in [0.29, 0.717) is 21.4 Å². The van der Waals surface area contributed by atoms with Crippen molar-refractivity contribution in [3.8, 4) is 0 Å². The third-order valence-electron chi connectivity index (χ3n) is 1.98. The summed E-state index contributed by atoms with van der Waals surface area (Å²) in [7, 11) is 0. The Morgan fingerprint density at radius 2 is 1.05 bits per heavy atom. The maximum atomic E-state index is 5.61. The van der Waals surface area contributed by atoms with Gasteiger partial charge in [-0.1, -0.05) is 23.2 Å². The summed E-state index contributed by atoms with van der Waals surface area (Å²) < 4.78 is 0. The Balaban J connectivity index is 0.000000324. The number of anilines is 2. The van der Waals surface area contributed by atoms with Crippen molar-refractivity contribution < 1.29 is 19.5 Å². The Bertz CT molecular complexity index is 504. The van der Waals surface area contributed by atoms with Crippen molar-refractivity contribution in [2.75, 3.05) is 11.5 Å². The number of benzene rings is 2. The molecule has 7 heteroatoms. The van der Waals surface area contributed by atoms with Crippen LogP contribution in [0.15, 0.2) is 46.2 Å². The monoisotopic (exact) mass is 382 g/mol. The summed E-state index contributed by atoms with van der Waals surface area (Å²) >= 11 is 19.3. The molecule has 2 aromatic carbocycles. The molecule has 0 saturated carbocycles. The van der Waals surface area contributed by atoms with Crippen LogP contribution in [0, 0.1) is 0 Å². The molecule has 0 saturated heterocycles. The van der Waals surface area contributed by atoms with Crippen LogP contribution in [0.2, 0.25) is 10.0 Å². The number of hydrogen-bond acceptors (Lipinski definition) is 4. The van der Waals surface area contributed by atoms with Gasteiger partial charge in [-0.25, -0.2) is 0 Å². The number of rotatable bonds is 0. The van der Waals surface area contributed by atoms with Crippen LogP contribution < -0.4 is 11.5 Å². The summed E-state index contributed by atoms with van der Waals surface area (Å²) in [5, 5.41) is 1.32. The minimum atomic E-state index is 0. The largest absolute Gasteiger partial charge is 0.398 e. The second kappa shape index (κ2) is 8.99. The fraction of sp³-hybridized carbons (Fsp3) is 0. The molecule has 0 fully saturated rings. The molecular formula is C12H12Cl2N2S2Zn. The first-order chi connectivity index (χ1) is 8.40. The Morgan fingerprint density at radius 1 is 0.737 bits per heavy atom. The molecule has 0 heterocycles. The molecule has 0 radical (unpaired) electrons. The van der Waals surface area contributed by atoms with Crippen molar-refractivity contribution >= 4 is 59.8 Å². The molecule has 2 aromatic rings. The molecule has 2 rings (SSSR count). The fourth-order valence-electron chi connectivity index (χ4n) is 1.03. The molecular weight excluding hydrogens is 373 g/mol. The number of nitrogen functional groups attached to an aromatic ring is 2. The summed E-state index contributed by atoms with van der Waals surface area (Å²) in [6.07, 6.45) is 0. The molecule has 0 spiro atoms. The van der Waals surface area contributed by atoms with E-state index in [2.05, 4.69) is 25.3 Å².